The predicted molar refractivity (Wildman–Crippen MR) is 132 cm³/mol. The molecule has 1 aromatic heterocycles. The normalized spacial score (nSPS) is 15.6. The highest BCUT2D eigenvalue weighted by Gasteiger charge is 2.37. The van der Waals surface area contributed by atoms with Crippen molar-refractivity contribution in [2.45, 2.75) is 18.5 Å². The number of aromatic amines is 1. The maximum atomic E-state index is 13.6. The number of aliphatic hydroxyl groups excluding tert-OH is 1. The fraction of sp³-hybridized carbons (Fsp3) is 0.261. The molecule has 0 saturated heterocycles. The van der Waals surface area contributed by atoms with Gasteiger partial charge >= 0.3 is 5.97 Å². The minimum Gasteiger partial charge on any atom is -0.481 e. The number of fused-ring (bicyclic) bond motifs is 1. The average Bonchev–Trinajstić information content (AvgIpc) is 2.99. The maximum absolute atomic E-state index is 13.6. The summed E-state index contributed by atoms with van der Waals surface area (Å²) in [5, 5.41) is 22.8. The van der Waals surface area contributed by atoms with Crippen LogP contribution in [-0.4, -0.2) is 82.9 Å². The molecule has 5 N–H and O–H groups in total. The molecule has 2 atom stereocenters. The van der Waals surface area contributed by atoms with Crippen LogP contribution in [0, 0.1) is 0 Å². The van der Waals surface area contributed by atoms with E-state index in [-0.39, 0.29) is 28.2 Å². The quantitative estimate of drug-likeness (QED) is 0.235. The molecular formula is C23H22ClN5O9. The van der Waals surface area contributed by atoms with Gasteiger partial charge in [0.25, 0.3) is 23.3 Å². The van der Waals surface area contributed by atoms with E-state index in [4.69, 9.17) is 16.7 Å². The number of pyridine rings is 1. The van der Waals surface area contributed by atoms with Crippen molar-refractivity contribution in [2.24, 2.45) is 0 Å². The zero-order chi connectivity index (χ0) is 28.0. The summed E-state index contributed by atoms with van der Waals surface area (Å²) in [5.74, 6) is -4.68. The molecular weight excluding hydrogens is 526 g/mol. The van der Waals surface area contributed by atoms with E-state index in [0.717, 1.165) is 22.1 Å². The third kappa shape index (κ3) is 6.41. The molecule has 0 aliphatic carbocycles. The first-order valence-corrected chi connectivity index (χ1v) is 11.4. The molecule has 0 unspecified atom stereocenters. The van der Waals surface area contributed by atoms with E-state index in [1.807, 2.05) is 0 Å². The number of carbonyl (C=O) groups is 6. The largest absolute Gasteiger partial charge is 0.481 e. The maximum Gasteiger partial charge on any atom is 0.305 e. The Bertz CT molecular complexity index is 1340. The van der Waals surface area contributed by atoms with Crippen molar-refractivity contribution in [1.29, 1.82) is 0 Å². The number of hydrogen-bond acceptors (Lipinski definition) is 8. The summed E-state index contributed by atoms with van der Waals surface area (Å²) in [6.07, 6.45) is 0.631. The summed E-state index contributed by atoms with van der Waals surface area (Å²) >= 11 is 5.78. The van der Waals surface area contributed by atoms with Gasteiger partial charge in [-0.05, 0) is 18.2 Å². The lowest BCUT2D eigenvalue weighted by Crippen LogP contribution is -2.55. The lowest BCUT2D eigenvalue weighted by molar-refractivity contribution is -0.139. The number of nitrogens with zero attached hydrogens (tertiary/aromatic N) is 2. The van der Waals surface area contributed by atoms with E-state index in [1.165, 1.54) is 18.2 Å². The highest BCUT2D eigenvalue weighted by molar-refractivity contribution is 6.30. The molecule has 0 fully saturated rings. The van der Waals surface area contributed by atoms with Crippen LogP contribution >= 0.6 is 11.6 Å². The summed E-state index contributed by atoms with van der Waals surface area (Å²) in [7, 11) is 0. The number of carboxylic acids is 1. The summed E-state index contributed by atoms with van der Waals surface area (Å²) in [6.45, 7) is -2.04. The standard InChI is InChI=1S/C23H22ClN5O9/c24-14-5-12(7-25-22(14)37)21(36)27-15-8-28(19(33)11-31)16-3-1-2-4-17(16)29(23(15)38)9-18(32)26-13(10-30)6-20(34)35/h1-5,7,10,13,15,31H,6,8-9,11H2,(H,25,37)(H,26,32)(H,27,36)(H,34,35)/t13-,15-/m0/s1. The fourth-order valence-corrected chi connectivity index (χ4v) is 3.90. The number of rotatable bonds is 9. The molecule has 15 heteroatoms. The molecule has 2 heterocycles. The number of benzene rings is 1. The number of hydrogen-bond donors (Lipinski definition) is 5. The molecule has 1 aliphatic rings. The summed E-state index contributed by atoms with van der Waals surface area (Å²) in [4.78, 5) is 89.7. The van der Waals surface area contributed by atoms with Gasteiger partial charge in [-0.3, -0.25) is 33.7 Å². The van der Waals surface area contributed by atoms with Gasteiger partial charge < -0.3 is 35.5 Å². The monoisotopic (exact) mass is 547 g/mol. The first-order chi connectivity index (χ1) is 18.0. The van der Waals surface area contributed by atoms with Crippen LogP contribution < -0.4 is 26.0 Å². The predicted octanol–water partition coefficient (Wildman–Crippen LogP) is -1.34. The number of aldehydes is 1. The number of carboxylic acid groups (broad SMARTS) is 1. The third-order valence-corrected chi connectivity index (χ3v) is 5.74. The molecule has 0 radical (unpaired) electrons. The Morgan fingerprint density at radius 1 is 1.18 bits per heavy atom. The highest BCUT2D eigenvalue weighted by atomic mass is 35.5. The second-order valence-corrected chi connectivity index (χ2v) is 8.48. The average molecular weight is 548 g/mol. The Hall–Kier alpha value is -4.56. The van der Waals surface area contributed by atoms with Crippen molar-refractivity contribution in [3.05, 3.63) is 57.5 Å². The van der Waals surface area contributed by atoms with Crippen molar-refractivity contribution in [3.63, 3.8) is 0 Å². The Balaban J connectivity index is 1.97. The van der Waals surface area contributed by atoms with E-state index in [9.17, 15) is 38.7 Å². The molecule has 0 saturated carbocycles. The first kappa shape index (κ1) is 28.0. The number of aliphatic hydroxyl groups is 1. The molecule has 38 heavy (non-hydrogen) atoms. The minimum absolute atomic E-state index is 0.0826. The molecule has 200 valence electrons. The van der Waals surface area contributed by atoms with Crippen LogP contribution in [0.2, 0.25) is 5.02 Å². The number of aromatic nitrogens is 1. The minimum atomic E-state index is -1.44. The topological polar surface area (TPSA) is 206 Å². The number of amides is 4. The lowest BCUT2D eigenvalue weighted by atomic mass is 10.2. The number of carbonyl (C=O) groups excluding carboxylic acids is 5. The van der Waals surface area contributed by atoms with Crippen molar-refractivity contribution in [2.75, 3.05) is 29.5 Å². The van der Waals surface area contributed by atoms with Crippen molar-refractivity contribution >= 4 is 58.9 Å². The Morgan fingerprint density at radius 3 is 2.47 bits per heavy atom. The van der Waals surface area contributed by atoms with Crippen LogP contribution in [0.25, 0.3) is 0 Å². The van der Waals surface area contributed by atoms with Gasteiger partial charge in [0.15, 0.2) is 0 Å². The van der Waals surface area contributed by atoms with Crippen molar-refractivity contribution in [1.82, 2.24) is 15.6 Å². The van der Waals surface area contributed by atoms with Gasteiger partial charge in [-0.1, -0.05) is 23.7 Å². The van der Waals surface area contributed by atoms with E-state index in [1.54, 1.807) is 6.07 Å². The number of anilines is 2. The van der Waals surface area contributed by atoms with Crippen LogP contribution in [0.1, 0.15) is 16.8 Å². The van der Waals surface area contributed by atoms with Gasteiger partial charge in [-0.25, -0.2) is 0 Å². The van der Waals surface area contributed by atoms with Gasteiger partial charge in [0.1, 0.15) is 30.5 Å². The van der Waals surface area contributed by atoms with Gasteiger partial charge in [0, 0.05) is 6.20 Å². The molecule has 0 bridgehead atoms. The number of halogens is 1. The zero-order valence-electron chi connectivity index (χ0n) is 19.5. The Kier molecular flexibility index (Phi) is 8.94. The second-order valence-electron chi connectivity index (χ2n) is 8.07. The number of para-hydroxylation sites is 2. The van der Waals surface area contributed by atoms with Crippen LogP contribution in [0.5, 0.6) is 0 Å². The summed E-state index contributed by atoms with van der Waals surface area (Å²) in [6, 6.07) is 4.25. The van der Waals surface area contributed by atoms with Crippen LogP contribution in [-0.2, 0) is 24.0 Å². The fourth-order valence-electron chi connectivity index (χ4n) is 3.72. The van der Waals surface area contributed by atoms with Gasteiger partial charge in [0.05, 0.1) is 35.9 Å². The van der Waals surface area contributed by atoms with Crippen LogP contribution in [0.3, 0.4) is 0 Å². The van der Waals surface area contributed by atoms with Crippen molar-refractivity contribution in [3.8, 4) is 0 Å². The summed E-state index contributed by atoms with van der Waals surface area (Å²) in [5.41, 5.74) is -0.512. The van der Waals surface area contributed by atoms with Crippen molar-refractivity contribution < 1.29 is 39.0 Å². The highest BCUT2D eigenvalue weighted by Crippen LogP contribution is 2.33. The second kappa shape index (κ2) is 12.1. The molecule has 0 spiro atoms. The van der Waals surface area contributed by atoms with E-state index >= 15 is 0 Å². The number of H-pyrrole nitrogens is 1. The van der Waals surface area contributed by atoms with E-state index < -0.39 is 73.4 Å². The molecule has 3 rings (SSSR count). The smallest absolute Gasteiger partial charge is 0.305 e. The zero-order valence-corrected chi connectivity index (χ0v) is 20.3. The molecule has 2 aromatic rings. The summed E-state index contributed by atoms with van der Waals surface area (Å²) < 4.78 is 0. The van der Waals surface area contributed by atoms with Gasteiger partial charge in [-0.2, -0.15) is 0 Å². The van der Waals surface area contributed by atoms with Crippen LogP contribution in [0.15, 0.2) is 41.3 Å². The number of nitrogens with one attached hydrogen (secondary N) is 3. The Morgan fingerprint density at radius 2 is 1.87 bits per heavy atom. The molecule has 14 nitrogen and oxygen atoms in total. The number of aliphatic carboxylic acids is 1. The van der Waals surface area contributed by atoms with E-state index in [0.29, 0.717) is 0 Å². The first-order valence-electron chi connectivity index (χ1n) is 11.0. The molecule has 1 aromatic carbocycles. The third-order valence-electron chi connectivity index (χ3n) is 5.46. The van der Waals surface area contributed by atoms with Gasteiger partial charge in [0.2, 0.25) is 5.91 Å². The van der Waals surface area contributed by atoms with E-state index in [2.05, 4.69) is 15.6 Å². The SMILES string of the molecule is O=C[C@H](CC(=O)O)NC(=O)CN1C(=O)[C@@H](NC(=O)c2c[nH]c(=O)c(Cl)c2)CN(C(=O)CO)c2ccccc21. The molecule has 4 amide bonds. The van der Waals surface area contributed by atoms with Gasteiger partial charge in [-0.15, -0.1) is 0 Å². The molecule has 1 aliphatic heterocycles. The Labute approximate surface area is 219 Å². The lowest BCUT2D eigenvalue weighted by Gasteiger charge is -2.25. The van der Waals surface area contributed by atoms with Crippen LogP contribution in [0.4, 0.5) is 11.4 Å².